The van der Waals surface area contributed by atoms with Crippen molar-refractivity contribution < 1.29 is 22.7 Å². The Kier molecular flexibility index (Phi) is 3.26. The van der Waals surface area contributed by atoms with E-state index in [1.54, 1.807) is 6.92 Å². The molecule has 0 fully saturated rings. The molecule has 0 atom stereocenters. The minimum atomic E-state index is -4.55. The van der Waals surface area contributed by atoms with Crippen molar-refractivity contribution in [2.45, 2.75) is 20.0 Å². The minimum Gasteiger partial charge on any atom is -0.496 e. The first-order valence-corrected chi connectivity index (χ1v) is 4.54. The number of rotatable bonds is 2. The number of ketones is 1. The van der Waals surface area contributed by atoms with Gasteiger partial charge in [-0.25, -0.2) is 0 Å². The Morgan fingerprint density at radius 1 is 1.31 bits per heavy atom. The molecule has 0 aliphatic rings. The van der Waals surface area contributed by atoms with E-state index in [0.29, 0.717) is 5.56 Å². The SMILES string of the molecule is COc1c(C)ccc(C(F)(F)F)c1C(C)=O. The number of carbonyl (C=O) groups excluding carboxylic acids is 1. The number of benzene rings is 1. The summed E-state index contributed by atoms with van der Waals surface area (Å²) in [6.45, 7) is 2.68. The van der Waals surface area contributed by atoms with Crippen LogP contribution in [0.25, 0.3) is 0 Å². The first kappa shape index (κ1) is 12.5. The maximum Gasteiger partial charge on any atom is 0.417 e. The lowest BCUT2D eigenvalue weighted by atomic mass is 9.99. The summed E-state index contributed by atoms with van der Waals surface area (Å²) in [7, 11) is 1.24. The van der Waals surface area contributed by atoms with E-state index in [4.69, 9.17) is 4.74 Å². The van der Waals surface area contributed by atoms with Gasteiger partial charge in [-0.2, -0.15) is 13.2 Å². The Balaban J connectivity index is 3.58. The van der Waals surface area contributed by atoms with Crippen LogP contribution in [0.15, 0.2) is 12.1 Å². The zero-order valence-electron chi connectivity index (χ0n) is 9.11. The van der Waals surface area contributed by atoms with Crippen molar-refractivity contribution in [1.29, 1.82) is 0 Å². The van der Waals surface area contributed by atoms with Gasteiger partial charge in [-0.15, -0.1) is 0 Å². The highest BCUT2D eigenvalue weighted by atomic mass is 19.4. The number of carbonyl (C=O) groups is 1. The van der Waals surface area contributed by atoms with Gasteiger partial charge in [0.2, 0.25) is 0 Å². The zero-order valence-corrected chi connectivity index (χ0v) is 9.11. The fourth-order valence-corrected chi connectivity index (χ4v) is 1.54. The lowest BCUT2D eigenvalue weighted by Crippen LogP contribution is -2.13. The number of hydrogen-bond acceptors (Lipinski definition) is 2. The molecule has 0 N–H and O–H groups in total. The molecular weight excluding hydrogens is 221 g/mol. The third-order valence-corrected chi connectivity index (χ3v) is 2.22. The number of hydrogen-bond donors (Lipinski definition) is 0. The number of methoxy groups -OCH3 is 1. The van der Waals surface area contributed by atoms with Crippen LogP contribution >= 0.6 is 0 Å². The molecule has 0 aliphatic heterocycles. The van der Waals surface area contributed by atoms with Crippen molar-refractivity contribution in [3.05, 3.63) is 28.8 Å². The normalized spacial score (nSPS) is 11.4. The van der Waals surface area contributed by atoms with Crippen LogP contribution in [0.5, 0.6) is 5.75 Å². The number of Topliss-reactive ketones (excluding diaryl/α,β-unsaturated/α-hetero) is 1. The first-order chi connectivity index (χ1) is 7.29. The molecule has 1 aromatic rings. The van der Waals surface area contributed by atoms with Crippen LogP contribution in [0.3, 0.4) is 0 Å². The standard InChI is InChI=1S/C11H11F3O2/c1-6-4-5-8(11(12,13)14)9(7(2)15)10(6)16-3/h4-5H,1-3H3. The average Bonchev–Trinajstić information content (AvgIpc) is 2.14. The molecule has 0 aromatic heterocycles. The molecule has 0 radical (unpaired) electrons. The predicted molar refractivity (Wildman–Crippen MR) is 52.7 cm³/mol. The smallest absolute Gasteiger partial charge is 0.417 e. The summed E-state index contributed by atoms with van der Waals surface area (Å²) in [4.78, 5) is 11.3. The van der Waals surface area contributed by atoms with Crippen LogP contribution in [0.4, 0.5) is 13.2 Å². The third kappa shape index (κ3) is 2.18. The van der Waals surface area contributed by atoms with Gasteiger partial charge in [0.1, 0.15) is 5.75 Å². The molecular formula is C11H11F3O2. The molecule has 0 amide bonds. The van der Waals surface area contributed by atoms with E-state index in [9.17, 15) is 18.0 Å². The Morgan fingerprint density at radius 3 is 2.25 bits per heavy atom. The highest BCUT2D eigenvalue weighted by Crippen LogP contribution is 2.37. The lowest BCUT2D eigenvalue weighted by Gasteiger charge is -2.15. The van der Waals surface area contributed by atoms with Crippen LogP contribution in [-0.2, 0) is 6.18 Å². The second-order valence-corrected chi connectivity index (χ2v) is 3.39. The Labute approximate surface area is 91.0 Å². The van der Waals surface area contributed by atoms with Gasteiger partial charge >= 0.3 is 6.18 Å². The number of ether oxygens (including phenoxy) is 1. The number of alkyl halides is 3. The van der Waals surface area contributed by atoms with E-state index in [1.165, 1.54) is 13.2 Å². The molecule has 0 saturated carbocycles. The highest BCUT2D eigenvalue weighted by Gasteiger charge is 2.36. The second kappa shape index (κ2) is 4.15. The van der Waals surface area contributed by atoms with Gasteiger partial charge in [-0.05, 0) is 25.5 Å². The first-order valence-electron chi connectivity index (χ1n) is 4.54. The van der Waals surface area contributed by atoms with Crippen LogP contribution in [-0.4, -0.2) is 12.9 Å². The fourth-order valence-electron chi connectivity index (χ4n) is 1.54. The van der Waals surface area contributed by atoms with E-state index >= 15 is 0 Å². The molecule has 0 unspecified atom stereocenters. The predicted octanol–water partition coefficient (Wildman–Crippen LogP) is 3.23. The summed E-state index contributed by atoms with van der Waals surface area (Å²) < 4.78 is 42.8. The van der Waals surface area contributed by atoms with Gasteiger partial charge in [-0.3, -0.25) is 4.79 Å². The van der Waals surface area contributed by atoms with Gasteiger partial charge in [0, 0.05) is 0 Å². The summed E-state index contributed by atoms with van der Waals surface area (Å²) in [5.41, 5.74) is -0.863. The second-order valence-electron chi connectivity index (χ2n) is 3.39. The molecule has 0 spiro atoms. The molecule has 1 aromatic carbocycles. The maximum absolute atomic E-state index is 12.6. The van der Waals surface area contributed by atoms with Crippen molar-refractivity contribution in [2.75, 3.05) is 7.11 Å². The average molecular weight is 232 g/mol. The van der Waals surface area contributed by atoms with Crippen molar-refractivity contribution >= 4 is 5.78 Å². The fraction of sp³-hybridized carbons (Fsp3) is 0.364. The van der Waals surface area contributed by atoms with E-state index in [1.807, 2.05) is 0 Å². The molecule has 1 rings (SSSR count). The molecule has 0 bridgehead atoms. The number of aryl methyl sites for hydroxylation is 1. The molecule has 0 aliphatic carbocycles. The van der Waals surface area contributed by atoms with E-state index in [-0.39, 0.29) is 5.75 Å². The summed E-state index contributed by atoms with van der Waals surface area (Å²) >= 11 is 0. The molecule has 16 heavy (non-hydrogen) atoms. The van der Waals surface area contributed by atoms with Gasteiger partial charge in [0.15, 0.2) is 5.78 Å². The third-order valence-electron chi connectivity index (χ3n) is 2.22. The minimum absolute atomic E-state index is 0.0117. The van der Waals surface area contributed by atoms with Crippen molar-refractivity contribution in [1.82, 2.24) is 0 Å². The topological polar surface area (TPSA) is 26.3 Å². The van der Waals surface area contributed by atoms with Crippen LogP contribution in [0.2, 0.25) is 0 Å². The van der Waals surface area contributed by atoms with E-state index < -0.39 is 23.1 Å². The molecule has 0 saturated heterocycles. The lowest BCUT2D eigenvalue weighted by molar-refractivity contribution is -0.138. The van der Waals surface area contributed by atoms with Crippen LogP contribution in [0, 0.1) is 6.92 Å². The maximum atomic E-state index is 12.6. The van der Waals surface area contributed by atoms with Gasteiger partial charge in [0.05, 0.1) is 18.2 Å². The quantitative estimate of drug-likeness (QED) is 0.732. The van der Waals surface area contributed by atoms with Gasteiger partial charge < -0.3 is 4.74 Å². The summed E-state index contributed by atoms with van der Waals surface area (Å²) in [5, 5.41) is 0. The Morgan fingerprint density at radius 2 is 1.88 bits per heavy atom. The summed E-state index contributed by atoms with van der Waals surface area (Å²) in [6.07, 6.45) is -4.55. The summed E-state index contributed by atoms with van der Waals surface area (Å²) in [6, 6.07) is 2.18. The molecule has 5 heteroatoms. The van der Waals surface area contributed by atoms with E-state index in [0.717, 1.165) is 13.0 Å². The zero-order chi connectivity index (χ0) is 12.5. The summed E-state index contributed by atoms with van der Waals surface area (Å²) in [5.74, 6) is -0.671. The highest BCUT2D eigenvalue weighted by molar-refractivity contribution is 5.99. The van der Waals surface area contributed by atoms with Crippen molar-refractivity contribution in [3.8, 4) is 5.75 Å². The molecule has 2 nitrogen and oxygen atoms in total. The Bertz CT molecular complexity index is 422. The largest absolute Gasteiger partial charge is 0.496 e. The van der Waals surface area contributed by atoms with Crippen LogP contribution < -0.4 is 4.74 Å². The van der Waals surface area contributed by atoms with Crippen molar-refractivity contribution in [3.63, 3.8) is 0 Å². The van der Waals surface area contributed by atoms with Crippen LogP contribution in [0.1, 0.15) is 28.4 Å². The van der Waals surface area contributed by atoms with Gasteiger partial charge in [-0.1, -0.05) is 6.07 Å². The monoisotopic (exact) mass is 232 g/mol. The van der Waals surface area contributed by atoms with E-state index in [2.05, 4.69) is 0 Å². The number of halogens is 3. The molecule has 0 heterocycles. The Hall–Kier alpha value is -1.52. The van der Waals surface area contributed by atoms with Crippen molar-refractivity contribution in [2.24, 2.45) is 0 Å². The van der Waals surface area contributed by atoms with Gasteiger partial charge in [0.25, 0.3) is 0 Å². The molecule has 88 valence electrons.